The van der Waals surface area contributed by atoms with Crippen molar-refractivity contribution in [2.24, 2.45) is 5.41 Å². The van der Waals surface area contributed by atoms with E-state index in [-0.39, 0.29) is 6.04 Å². The van der Waals surface area contributed by atoms with Gasteiger partial charge in [-0.05, 0) is 57.3 Å². The minimum Gasteiger partial charge on any atom is -0.378 e. The van der Waals surface area contributed by atoms with Gasteiger partial charge in [-0.1, -0.05) is 29.8 Å². The number of hydrogen-bond acceptors (Lipinski definition) is 4. The van der Waals surface area contributed by atoms with E-state index in [0.29, 0.717) is 24.5 Å². The van der Waals surface area contributed by atoms with E-state index in [0.717, 1.165) is 45.7 Å². The third-order valence-corrected chi connectivity index (χ3v) is 6.76. The van der Waals surface area contributed by atoms with Crippen LogP contribution in [0.2, 0.25) is 0 Å². The van der Waals surface area contributed by atoms with Gasteiger partial charge in [-0.25, -0.2) is 0 Å². The number of morpholine rings is 1. The number of rotatable bonds is 3. The molecule has 5 nitrogen and oxygen atoms in total. The van der Waals surface area contributed by atoms with Gasteiger partial charge < -0.3 is 9.64 Å². The fraction of sp³-hybridized carbons (Fsp3) is 0.682. The van der Waals surface area contributed by atoms with Crippen LogP contribution in [0.5, 0.6) is 0 Å². The predicted octanol–water partition coefficient (Wildman–Crippen LogP) is 2.14. The van der Waals surface area contributed by atoms with Gasteiger partial charge >= 0.3 is 0 Å². The monoisotopic (exact) mass is 371 g/mol. The number of ether oxygens (including phenoxy) is 1. The maximum Gasteiger partial charge on any atom is 0.240 e. The number of piperidine rings is 1. The molecule has 0 aliphatic carbocycles. The molecule has 3 aliphatic rings. The summed E-state index contributed by atoms with van der Waals surface area (Å²) in [7, 11) is 2.14. The molecule has 1 amide bonds. The van der Waals surface area contributed by atoms with Crippen LogP contribution in [-0.4, -0.2) is 79.6 Å². The molecule has 3 saturated heterocycles. The second kappa shape index (κ2) is 7.90. The van der Waals surface area contributed by atoms with Crippen molar-refractivity contribution in [2.45, 2.75) is 38.8 Å². The molecule has 1 aromatic carbocycles. The predicted molar refractivity (Wildman–Crippen MR) is 107 cm³/mol. The average molecular weight is 372 g/mol. The van der Waals surface area contributed by atoms with E-state index in [1.807, 2.05) is 4.90 Å². The first-order chi connectivity index (χ1) is 13.0. The Bertz CT molecular complexity index is 663. The van der Waals surface area contributed by atoms with Crippen LogP contribution in [0.1, 0.15) is 30.4 Å². The lowest BCUT2D eigenvalue weighted by Crippen LogP contribution is -2.48. The van der Waals surface area contributed by atoms with E-state index in [9.17, 15) is 4.79 Å². The molecule has 148 valence electrons. The molecule has 0 N–H and O–H groups in total. The van der Waals surface area contributed by atoms with Crippen LogP contribution in [-0.2, 0) is 16.1 Å². The minimum atomic E-state index is 0.0615. The van der Waals surface area contributed by atoms with Crippen molar-refractivity contribution in [1.82, 2.24) is 14.7 Å². The summed E-state index contributed by atoms with van der Waals surface area (Å²) in [5.41, 5.74) is 3.07. The first-order valence-electron chi connectivity index (χ1n) is 10.4. The number of amides is 1. The smallest absolute Gasteiger partial charge is 0.240 e. The normalized spacial score (nSPS) is 26.6. The SMILES string of the molecule is Cc1cccc(CN2CCC3(CC2)CC(C(=O)N2CCOCC2)N(C)C3)c1. The van der Waals surface area contributed by atoms with E-state index in [1.165, 1.54) is 24.0 Å². The molecular weight excluding hydrogens is 338 g/mol. The maximum atomic E-state index is 13.0. The molecule has 0 aromatic heterocycles. The molecule has 4 rings (SSSR count). The van der Waals surface area contributed by atoms with Crippen LogP contribution in [0.15, 0.2) is 24.3 Å². The van der Waals surface area contributed by atoms with E-state index in [4.69, 9.17) is 4.74 Å². The Hall–Kier alpha value is -1.43. The molecule has 1 aromatic rings. The third-order valence-electron chi connectivity index (χ3n) is 6.76. The fourth-order valence-electron chi connectivity index (χ4n) is 5.16. The van der Waals surface area contributed by atoms with Gasteiger partial charge in [0.2, 0.25) is 5.91 Å². The first-order valence-corrected chi connectivity index (χ1v) is 10.4. The highest BCUT2D eigenvalue weighted by atomic mass is 16.5. The summed E-state index contributed by atoms with van der Waals surface area (Å²) in [6, 6.07) is 8.91. The largest absolute Gasteiger partial charge is 0.378 e. The topological polar surface area (TPSA) is 36.0 Å². The van der Waals surface area contributed by atoms with E-state index in [2.05, 4.69) is 48.0 Å². The van der Waals surface area contributed by atoms with Crippen molar-refractivity contribution < 1.29 is 9.53 Å². The van der Waals surface area contributed by atoms with Gasteiger partial charge in [0.25, 0.3) is 0 Å². The molecule has 1 unspecified atom stereocenters. The zero-order valence-electron chi connectivity index (χ0n) is 16.8. The van der Waals surface area contributed by atoms with Gasteiger partial charge in [0.1, 0.15) is 0 Å². The standard InChI is InChI=1S/C22H33N3O2/c1-18-4-3-5-19(14-18)16-24-8-6-22(7-9-24)15-20(23(2)17-22)21(26)25-10-12-27-13-11-25/h3-5,14,20H,6-13,15-17H2,1-2H3. The number of benzene rings is 1. The molecule has 27 heavy (non-hydrogen) atoms. The van der Waals surface area contributed by atoms with Gasteiger partial charge in [0, 0.05) is 26.2 Å². The number of carbonyl (C=O) groups is 1. The highest BCUT2D eigenvalue weighted by Crippen LogP contribution is 2.43. The number of aryl methyl sites for hydroxylation is 1. The summed E-state index contributed by atoms with van der Waals surface area (Å²) in [5, 5.41) is 0. The van der Waals surface area contributed by atoms with Crippen molar-refractivity contribution in [3.05, 3.63) is 35.4 Å². The Labute approximate surface area is 163 Å². The van der Waals surface area contributed by atoms with Gasteiger partial charge in [-0.3, -0.25) is 14.6 Å². The minimum absolute atomic E-state index is 0.0615. The molecule has 3 fully saturated rings. The van der Waals surface area contributed by atoms with Crippen LogP contribution in [0.25, 0.3) is 0 Å². The second-order valence-electron chi connectivity index (χ2n) is 8.84. The van der Waals surface area contributed by atoms with Crippen LogP contribution < -0.4 is 0 Å². The van der Waals surface area contributed by atoms with Crippen molar-refractivity contribution in [3.8, 4) is 0 Å². The second-order valence-corrected chi connectivity index (χ2v) is 8.84. The number of likely N-dealkylation sites (tertiary alicyclic amines) is 2. The Kier molecular flexibility index (Phi) is 5.53. The molecule has 3 aliphatic heterocycles. The summed E-state index contributed by atoms with van der Waals surface area (Å²) in [6.07, 6.45) is 3.43. The fourth-order valence-corrected chi connectivity index (χ4v) is 5.16. The van der Waals surface area contributed by atoms with Crippen molar-refractivity contribution in [1.29, 1.82) is 0 Å². The number of hydrogen-bond donors (Lipinski definition) is 0. The zero-order chi connectivity index (χ0) is 18.9. The summed E-state index contributed by atoms with van der Waals surface area (Å²) in [4.78, 5) is 19.9. The molecular formula is C22H33N3O2. The quantitative estimate of drug-likeness (QED) is 0.816. The summed E-state index contributed by atoms with van der Waals surface area (Å²) < 4.78 is 5.40. The lowest BCUT2D eigenvalue weighted by Gasteiger charge is -2.39. The molecule has 1 atom stereocenters. The van der Waals surface area contributed by atoms with Gasteiger partial charge in [0.15, 0.2) is 0 Å². The van der Waals surface area contributed by atoms with Crippen LogP contribution in [0.3, 0.4) is 0 Å². The lowest BCUT2D eigenvalue weighted by atomic mass is 9.76. The van der Waals surface area contributed by atoms with E-state index >= 15 is 0 Å². The Morgan fingerprint density at radius 3 is 2.63 bits per heavy atom. The van der Waals surface area contributed by atoms with Crippen molar-refractivity contribution in [2.75, 3.05) is 53.0 Å². The van der Waals surface area contributed by atoms with E-state index in [1.54, 1.807) is 0 Å². The number of likely N-dealkylation sites (N-methyl/N-ethyl adjacent to an activating group) is 1. The Morgan fingerprint density at radius 1 is 1.19 bits per heavy atom. The summed E-state index contributed by atoms with van der Waals surface area (Å²) >= 11 is 0. The van der Waals surface area contributed by atoms with Gasteiger partial charge in [-0.2, -0.15) is 0 Å². The average Bonchev–Trinajstić information content (AvgIpc) is 3.00. The van der Waals surface area contributed by atoms with Gasteiger partial charge in [-0.15, -0.1) is 0 Å². The molecule has 3 heterocycles. The third kappa shape index (κ3) is 4.20. The highest BCUT2D eigenvalue weighted by Gasteiger charge is 2.47. The number of nitrogens with zero attached hydrogens (tertiary/aromatic N) is 3. The lowest BCUT2D eigenvalue weighted by molar-refractivity contribution is -0.139. The van der Waals surface area contributed by atoms with Crippen molar-refractivity contribution >= 4 is 5.91 Å². The molecule has 0 saturated carbocycles. The molecule has 1 spiro atoms. The van der Waals surface area contributed by atoms with Crippen LogP contribution >= 0.6 is 0 Å². The molecule has 0 radical (unpaired) electrons. The highest BCUT2D eigenvalue weighted by molar-refractivity contribution is 5.82. The summed E-state index contributed by atoms with van der Waals surface area (Å²) in [5.74, 6) is 0.319. The van der Waals surface area contributed by atoms with E-state index < -0.39 is 0 Å². The van der Waals surface area contributed by atoms with Crippen molar-refractivity contribution in [3.63, 3.8) is 0 Å². The zero-order valence-corrected chi connectivity index (χ0v) is 16.8. The summed E-state index contributed by atoms with van der Waals surface area (Å²) in [6.45, 7) is 9.41. The van der Waals surface area contributed by atoms with Crippen LogP contribution in [0.4, 0.5) is 0 Å². The number of carbonyl (C=O) groups excluding carboxylic acids is 1. The Balaban J connectivity index is 1.33. The molecule has 5 heteroatoms. The first kappa shape index (κ1) is 18.9. The van der Waals surface area contributed by atoms with Crippen LogP contribution in [0, 0.1) is 12.3 Å². The van der Waals surface area contributed by atoms with Gasteiger partial charge in [0.05, 0.1) is 19.3 Å². The Morgan fingerprint density at radius 2 is 1.93 bits per heavy atom. The molecule has 0 bridgehead atoms. The maximum absolute atomic E-state index is 13.0.